The Kier molecular flexibility index (Phi) is 9.32. The molecular formula is C34H36ClF2N3O3Si. The molecule has 1 aliphatic heterocycles. The SMILES string of the molecule is CC1CN(c2c(CO[Si](c3ccccc3)(c3ccccc3)C(C)(C)C)cc(C(=O)c3cnc(Cl)cn3)c(F)c2F)CC(C)O1. The summed E-state index contributed by atoms with van der Waals surface area (Å²) in [4.78, 5) is 23.1. The lowest BCUT2D eigenvalue weighted by Gasteiger charge is -2.43. The maximum atomic E-state index is 16.3. The fraction of sp³-hybridized carbons (Fsp3) is 0.324. The molecule has 2 atom stereocenters. The molecule has 0 N–H and O–H groups in total. The Morgan fingerprint density at radius 3 is 2.02 bits per heavy atom. The van der Waals surface area contributed by atoms with E-state index in [0.717, 1.165) is 16.6 Å². The van der Waals surface area contributed by atoms with Crippen LogP contribution < -0.4 is 15.3 Å². The Balaban J connectivity index is 1.68. The highest BCUT2D eigenvalue weighted by atomic mass is 35.5. The fourth-order valence-electron chi connectivity index (χ4n) is 6.16. The number of halogens is 3. The van der Waals surface area contributed by atoms with Gasteiger partial charge in [0, 0.05) is 18.7 Å². The largest absolute Gasteiger partial charge is 0.403 e. The lowest BCUT2D eigenvalue weighted by atomic mass is 10.0. The van der Waals surface area contributed by atoms with Gasteiger partial charge in [-0.25, -0.2) is 18.7 Å². The van der Waals surface area contributed by atoms with Gasteiger partial charge in [0.05, 0.1) is 42.5 Å². The molecule has 10 heteroatoms. The summed E-state index contributed by atoms with van der Waals surface area (Å²) < 4.78 is 45.1. The average Bonchev–Trinajstić information content (AvgIpc) is 2.99. The highest BCUT2D eigenvalue weighted by Gasteiger charge is 2.50. The van der Waals surface area contributed by atoms with Gasteiger partial charge < -0.3 is 14.1 Å². The Morgan fingerprint density at radius 2 is 1.52 bits per heavy atom. The summed E-state index contributed by atoms with van der Waals surface area (Å²) in [7, 11) is -3.06. The smallest absolute Gasteiger partial charge is 0.261 e. The first-order valence-electron chi connectivity index (χ1n) is 14.6. The van der Waals surface area contributed by atoms with Crippen LogP contribution in [0.25, 0.3) is 0 Å². The minimum atomic E-state index is -3.06. The van der Waals surface area contributed by atoms with Gasteiger partial charge in [-0.3, -0.25) is 4.79 Å². The van der Waals surface area contributed by atoms with Crippen molar-refractivity contribution in [3.05, 3.63) is 113 Å². The minimum absolute atomic E-state index is 0.0630. The highest BCUT2D eigenvalue weighted by molar-refractivity contribution is 6.99. The van der Waals surface area contributed by atoms with E-state index in [1.807, 2.05) is 50.2 Å². The van der Waals surface area contributed by atoms with E-state index in [-0.39, 0.29) is 40.4 Å². The third-order valence-electron chi connectivity index (χ3n) is 7.95. The summed E-state index contributed by atoms with van der Waals surface area (Å²) in [5, 5.41) is 1.82. The van der Waals surface area contributed by atoms with Gasteiger partial charge in [-0.1, -0.05) is 93.0 Å². The van der Waals surface area contributed by atoms with Gasteiger partial charge in [-0.05, 0) is 35.3 Å². The van der Waals surface area contributed by atoms with E-state index in [0.29, 0.717) is 18.7 Å². The van der Waals surface area contributed by atoms with Crippen LogP contribution in [0.1, 0.15) is 56.2 Å². The molecule has 0 spiro atoms. The summed E-state index contributed by atoms with van der Waals surface area (Å²) in [5.41, 5.74) is -0.157. The van der Waals surface area contributed by atoms with Crippen LogP contribution >= 0.6 is 11.6 Å². The Hall–Kier alpha value is -3.50. The number of rotatable bonds is 8. The van der Waals surface area contributed by atoms with E-state index in [2.05, 4.69) is 55.0 Å². The molecule has 0 bridgehead atoms. The van der Waals surface area contributed by atoms with Crippen LogP contribution in [0.2, 0.25) is 10.2 Å². The molecule has 1 fully saturated rings. The van der Waals surface area contributed by atoms with Crippen LogP contribution in [0.4, 0.5) is 14.5 Å². The van der Waals surface area contributed by atoms with Crippen LogP contribution in [0, 0.1) is 11.6 Å². The molecule has 4 aromatic rings. The van der Waals surface area contributed by atoms with Gasteiger partial charge in [-0.15, -0.1) is 0 Å². The summed E-state index contributed by atoms with van der Waals surface area (Å²) in [6, 6.07) is 21.5. The molecule has 1 saturated heterocycles. The molecule has 0 radical (unpaired) electrons. The number of ketones is 1. The van der Waals surface area contributed by atoms with Gasteiger partial charge >= 0.3 is 0 Å². The van der Waals surface area contributed by atoms with Crippen molar-refractivity contribution in [1.29, 1.82) is 0 Å². The van der Waals surface area contributed by atoms with Gasteiger partial charge in [0.2, 0.25) is 5.78 Å². The van der Waals surface area contributed by atoms with Crippen molar-refractivity contribution in [1.82, 2.24) is 9.97 Å². The summed E-state index contributed by atoms with van der Waals surface area (Å²) in [6.45, 7) is 10.9. The second-order valence-electron chi connectivity index (χ2n) is 12.2. The Labute approximate surface area is 263 Å². The summed E-state index contributed by atoms with van der Waals surface area (Å²) >= 11 is 5.85. The molecule has 1 aromatic heterocycles. The van der Waals surface area contributed by atoms with Crippen molar-refractivity contribution in [2.75, 3.05) is 18.0 Å². The van der Waals surface area contributed by atoms with E-state index in [4.69, 9.17) is 20.8 Å². The molecule has 230 valence electrons. The monoisotopic (exact) mass is 635 g/mol. The summed E-state index contributed by atoms with van der Waals surface area (Å²) in [6.07, 6.45) is 1.93. The van der Waals surface area contributed by atoms with Gasteiger partial charge in [-0.2, -0.15) is 0 Å². The van der Waals surface area contributed by atoms with Crippen molar-refractivity contribution in [2.45, 2.75) is 58.5 Å². The normalized spacial score (nSPS) is 17.5. The van der Waals surface area contributed by atoms with Crippen molar-refractivity contribution in [3.63, 3.8) is 0 Å². The van der Waals surface area contributed by atoms with Gasteiger partial charge in [0.15, 0.2) is 11.6 Å². The topological polar surface area (TPSA) is 64.5 Å². The predicted octanol–water partition coefficient (Wildman–Crippen LogP) is 6.33. The second kappa shape index (κ2) is 12.8. The number of anilines is 1. The zero-order valence-electron chi connectivity index (χ0n) is 25.5. The molecule has 3 aromatic carbocycles. The highest BCUT2D eigenvalue weighted by Crippen LogP contribution is 2.39. The molecule has 0 amide bonds. The fourth-order valence-corrected chi connectivity index (χ4v) is 10.8. The Bertz CT molecular complexity index is 1570. The van der Waals surface area contributed by atoms with E-state index in [1.54, 1.807) is 4.90 Å². The lowest BCUT2D eigenvalue weighted by Crippen LogP contribution is -2.66. The first kappa shape index (κ1) is 31.9. The van der Waals surface area contributed by atoms with Crippen LogP contribution in [-0.2, 0) is 15.8 Å². The van der Waals surface area contributed by atoms with Crippen LogP contribution in [-0.4, -0.2) is 49.4 Å². The first-order chi connectivity index (χ1) is 20.9. The lowest BCUT2D eigenvalue weighted by molar-refractivity contribution is -0.00553. The number of carbonyl (C=O) groups excluding carboxylic acids is 1. The third kappa shape index (κ3) is 6.19. The standard InChI is InChI=1S/C34H36ClF2N3O3Si/c1-22-19-40(20-23(2)43-22)32-24(16-27(30(36)31(32)37)33(41)28-17-39-29(35)18-38-28)21-42-44(34(3,4)5,25-12-8-6-9-13-25)26-14-10-7-11-15-26/h6-18,22-23H,19-21H2,1-5H3. The number of benzene rings is 3. The van der Waals surface area contributed by atoms with Crippen LogP contribution in [0.15, 0.2) is 79.1 Å². The molecule has 5 rings (SSSR count). The predicted molar refractivity (Wildman–Crippen MR) is 171 cm³/mol. The third-order valence-corrected chi connectivity index (χ3v) is 13.1. The first-order valence-corrected chi connectivity index (χ1v) is 16.9. The van der Waals surface area contributed by atoms with E-state index in [1.165, 1.54) is 12.3 Å². The summed E-state index contributed by atoms with van der Waals surface area (Å²) in [5.74, 6) is -3.16. The number of nitrogens with zero attached hydrogens (tertiary/aromatic N) is 3. The van der Waals surface area contributed by atoms with Gasteiger partial charge in [0.25, 0.3) is 8.32 Å². The van der Waals surface area contributed by atoms with E-state index in [9.17, 15) is 4.79 Å². The zero-order chi connectivity index (χ0) is 31.6. The maximum absolute atomic E-state index is 16.3. The van der Waals surface area contributed by atoms with Gasteiger partial charge in [0.1, 0.15) is 10.8 Å². The van der Waals surface area contributed by atoms with E-state index >= 15 is 8.78 Å². The number of ether oxygens (including phenoxy) is 1. The molecular weight excluding hydrogens is 600 g/mol. The maximum Gasteiger partial charge on any atom is 0.261 e. The van der Waals surface area contributed by atoms with Crippen molar-refractivity contribution in [2.24, 2.45) is 0 Å². The molecule has 2 unspecified atom stereocenters. The quantitative estimate of drug-likeness (QED) is 0.167. The van der Waals surface area contributed by atoms with Crippen molar-refractivity contribution in [3.8, 4) is 0 Å². The number of carbonyl (C=O) groups is 1. The number of hydrogen-bond acceptors (Lipinski definition) is 6. The number of hydrogen-bond donors (Lipinski definition) is 0. The minimum Gasteiger partial charge on any atom is -0.403 e. The van der Waals surface area contributed by atoms with Crippen LogP contribution in [0.3, 0.4) is 0 Å². The molecule has 0 saturated carbocycles. The average molecular weight is 636 g/mol. The van der Waals surface area contributed by atoms with Crippen molar-refractivity contribution >= 4 is 41.8 Å². The molecule has 6 nitrogen and oxygen atoms in total. The number of morpholine rings is 1. The van der Waals surface area contributed by atoms with Crippen molar-refractivity contribution < 1.29 is 22.7 Å². The Morgan fingerprint density at radius 1 is 0.955 bits per heavy atom. The number of aromatic nitrogens is 2. The van der Waals surface area contributed by atoms with E-state index < -0.39 is 31.3 Å². The van der Waals surface area contributed by atoms with Crippen LogP contribution in [0.5, 0.6) is 0 Å². The second-order valence-corrected chi connectivity index (χ2v) is 16.9. The zero-order valence-corrected chi connectivity index (χ0v) is 27.2. The molecule has 2 heterocycles. The molecule has 1 aliphatic rings. The molecule has 44 heavy (non-hydrogen) atoms. The molecule has 0 aliphatic carbocycles.